The monoisotopic (exact) mass is 182 g/mol. The summed E-state index contributed by atoms with van der Waals surface area (Å²) in [6, 6.07) is 0. The van der Waals surface area contributed by atoms with Crippen LogP contribution in [0.25, 0.3) is 0 Å². The van der Waals surface area contributed by atoms with Crippen molar-refractivity contribution < 1.29 is 14.2 Å². The summed E-state index contributed by atoms with van der Waals surface area (Å²) in [5.41, 5.74) is 0.639. The molecule has 1 rings (SSSR count). The first-order valence-corrected chi connectivity index (χ1v) is 3.87. The predicted molar refractivity (Wildman–Crippen MR) is 49.7 cm³/mol. The van der Waals surface area contributed by atoms with Gasteiger partial charge in [0.1, 0.15) is 0 Å². The van der Waals surface area contributed by atoms with Crippen molar-refractivity contribution in [1.29, 1.82) is 0 Å². The van der Waals surface area contributed by atoms with Crippen LogP contribution in [-0.4, -0.2) is 33.6 Å². The van der Waals surface area contributed by atoms with Crippen LogP contribution in [0.2, 0.25) is 6.32 Å². The zero-order chi connectivity index (χ0) is 9.68. The molecule has 0 spiro atoms. The molecule has 1 aliphatic heterocycles. The normalized spacial score (nSPS) is 15.2. The first-order chi connectivity index (χ1) is 6.26. The van der Waals surface area contributed by atoms with Crippen molar-refractivity contribution in [1.82, 2.24) is 5.32 Å². The molecule has 0 aliphatic carbocycles. The lowest BCUT2D eigenvalue weighted by molar-refractivity contribution is 0.174. The highest BCUT2D eigenvalue weighted by Crippen LogP contribution is 2.04. The average molecular weight is 182 g/mol. The van der Waals surface area contributed by atoms with Crippen molar-refractivity contribution in [3.63, 3.8) is 0 Å². The van der Waals surface area contributed by atoms with E-state index in [1.165, 1.54) is 7.11 Å². The zero-order valence-corrected chi connectivity index (χ0v) is 7.61. The number of hydrogen-bond donors (Lipinski definition) is 1. The van der Waals surface area contributed by atoms with Crippen molar-refractivity contribution in [2.24, 2.45) is 4.90 Å². The molecule has 5 nitrogen and oxygen atoms in total. The number of amides is 1. The van der Waals surface area contributed by atoms with E-state index in [-0.39, 0.29) is 7.05 Å². The van der Waals surface area contributed by atoms with Crippen molar-refractivity contribution >= 4 is 19.4 Å². The molecule has 0 aromatic carbocycles. The number of nitrogens with one attached hydrogen (secondary N) is 1. The fourth-order valence-corrected chi connectivity index (χ4v) is 0.914. The minimum atomic E-state index is -0.492. The third-order valence-electron chi connectivity index (χ3n) is 1.62. The molecule has 0 saturated heterocycles. The summed E-state index contributed by atoms with van der Waals surface area (Å²) in [6.07, 6.45) is 3.55. The molecule has 0 aromatic rings. The molecule has 6 heteroatoms. The summed E-state index contributed by atoms with van der Waals surface area (Å²) < 4.78 is 9.41. The van der Waals surface area contributed by atoms with Crippen LogP contribution in [-0.2, 0) is 9.39 Å². The first-order valence-electron chi connectivity index (χ1n) is 3.87. The van der Waals surface area contributed by atoms with Gasteiger partial charge in [0, 0.05) is 13.3 Å². The Morgan fingerprint density at radius 2 is 2.46 bits per heavy atom. The van der Waals surface area contributed by atoms with Gasteiger partial charge in [0.15, 0.2) is 0 Å². The number of ether oxygens (including phenoxy) is 1. The second-order valence-corrected chi connectivity index (χ2v) is 2.48. The smallest absolute Gasteiger partial charge is 0.438 e. The summed E-state index contributed by atoms with van der Waals surface area (Å²) in [5, 5.41) is 2.51. The molecular weight excluding hydrogens is 171 g/mol. The summed E-state index contributed by atoms with van der Waals surface area (Å²) in [4.78, 5) is 14.8. The highest BCUT2D eigenvalue weighted by molar-refractivity contribution is 6.52. The molecule has 1 amide bonds. The number of methoxy groups -OCH3 is 1. The summed E-state index contributed by atoms with van der Waals surface area (Å²) in [5.74, 6) is 0. The van der Waals surface area contributed by atoms with Gasteiger partial charge in [-0.25, -0.2) is 4.79 Å². The lowest BCUT2D eigenvalue weighted by atomic mass is 9.78. The molecule has 0 aromatic heterocycles. The second-order valence-electron chi connectivity index (χ2n) is 2.48. The highest BCUT2D eigenvalue weighted by atomic mass is 16.5. The van der Waals surface area contributed by atoms with Crippen molar-refractivity contribution in [3.8, 4) is 0 Å². The second kappa shape index (κ2) is 4.66. The quantitative estimate of drug-likeness (QED) is 0.630. The van der Waals surface area contributed by atoms with E-state index in [9.17, 15) is 4.79 Å². The largest absolute Gasteiger partial charge is 0.453 e. The number of allylic oxidation sites excluding steroid dienone is 2. The fourth-order valence-electron chi connectivity index (χ4n) is 0.914. The lowest BCUT2D eigenvalue weighted by Crippen LogP contribution is -2.26. The van der Waals surface area contributed by atoms with Crippen LogP contribution in [0.5, 0.6) is 0 Å². The Morgan fingerprint density at radius 1 is 1.69 bits per heavy atom. The van der Waals surface area contributed by atoms with E-state index in [0.717, 1.165) is 0 Å². The Hall–Kier alpha value is -1.30. The average Bonchev–Trinajstić information content (AvgIpc) is 2.19. The van der Waals surface area contributed by atoms with E-state index in [4.69, 9.17) is 4.65 Å². The molecule has 0 saturated carbocycles. The van der Waals surface area contributed by atoms with E-state index < -0.39 is 6.09 Å². The van der Waals surface area contributed by atoms with Crippen molar-refractivity contribution in [3.05, 3.63) is 11.8 Å². The number of carbonyl (C=O) groups excluding carboxylic acids is 1. The fraction of sp³-hybridized carbons (Fsp3) is 0.429. The Morgan fingerprint density at radius 3 is 2.92 bits per heavy atom. The summed E-state index contributed by atoms with van der Waals surface area (Å²) >= 11 is 0. The Kier molecular flexibility index (Phi) is 3.51. The minimum Gasteiger partial charge on any atom is -0.453 e. The van der Waals surface area contributed by atoms with E-state index in [1.807, 2.05) is 6.08 Å². The SMILES string of the molecule is COB1CC=C(NC(=O)OC)C=N1. The predicted octanol–water partition coefficient (Wildman–Crippen LogP) is 0.445. The molecular formula is C7H11BN2O3. The van der Waals surface area contributed by atoms with Gasteiger partial charge in [-0.05, 0) is 6.32 Å². The molecule has 0 atom stereocenters. The van der Waals surface area contributed by atoms with Gasteiger partial charge in [-0.3, -0.25) is 5.32 Å². The van der Waals surface area contributed by atoms with Crippen LogP contribution < -0.4 is 5.32 Å². The maximum Gasteiger partial charge on any atom is 0.438 e. The molecule has 13 heavy (non-hydrogen) atoms. The van der Waals surface area contributed by atoms with Crippen LogP contribution >= 0.6 is 0 Å². The lowest BCUT2D eigenvalue weighted by Gasteiger charge is -2.10. The molecule has 1 aliphatic rings. The van der Waals surface area contributed by atoms with Gasteiger partial charge in [-0.2, -0.15) is 0 Å². The van der Waals surface area contributed by atoms with Crippen LogP contribution in [0.4, 0.5) is 4.79 Å². The number of hydrogen-bond acceptors (Lipinski definition) is 4. The van der Waals surface area contributed by atoms with Gasteiger partial charge in [-0.15, -0.1) is 0 Å². The van der Waals surface area contributed by atoms with E-state index in [0.29, 0.717) is 12.0 Å². The summed E-state index contributed by atoms with van der Waals surface area (Å²) in [7, 11) is 2.77. The van der Waals surface area contributed by atoms with Gasteiger partial charge in [0.2, 0.25) is 0 Å². The van der Waals surface area contributed by atoms with Gasteiger partial charge >= 0.3 is 13.1 Å². The molecule has 0 bridgehead atoms. The van der Waals surface area contributed by atoms with Gasteiger partial charge in [0.25, 0.3) is 0 Å². The molecule has 1 heterocycles. The van der Waals surface area contributed by atoms with E-state index in [2.05, 4.69) is 15.0 Å². The minimum absolute atomic E-state index is 0.136. The van der Waals surface area contributed by atoms with Crippen LogP contribution in [0.15, 0.2) is 16.7 Å². The molecule has 70 valence electrons. The standard InChI is InChI=1S/C7H11BN2O3/c1-12-7(11)10-6-3-4-8(13-2)9-5-6/h3,5H,4H2,1-2H3,(H,10,11). The molecule has 0 unspecified atom stereocenters. The maximum absolute atomic E-state index is 10.8. The van der Waals surface area contributed by atoms with Crippen LogP contribution in [0.1, 0.15) is 0 Å². The Balaban J connectivity index is 2.43. The first kappa shape index (κ1) is 9.79. The number of alkyl carbamates (subject to hydrolysis) is 1. The van der Waals surface area contributed by atoms with Crippen molar-refractivity contribution in [2.75, 3.05) is 14.2 Å². The third kappa shape index (κ3) is 2.91. The van der Waals surface area contributed by atoms with E-state index >= 15 is 0 Å². The van der Waals surface area contributed by atoms with Crippen molar-refractivity contribution in [2.45, 2.75) is 6.32 Å². The Labute approximate surface area is 76.9 Å². The Bertz CT molecular complexity index is 252. The van der Waals surface area contributed by atoms with Gasteiger partial charge in [-0.1, -0.05) is 6.08 Å². The molecule has 0 fully saturated rings. The molecule has 0 radical (unpaired) electrons. The molecule has 1 N–H and O–H groups in total. The van der Waals surface area contributed by atoms with E-state index in [1.54, 1.807) is 13.3 Å². The number of rotatable bonds is 2. The van der Waals surface area contributed by atoms with Crippen LogP contribution in [0.3, 0.4) is 0 Å². The highest BCUT2D eigenvalue weighted by Gasteiger charge is 2.15. The third-order valence-corrected chi connectivity index (χ3v) is 1.62. The summed E-state index contributed by atoms with van der Waals surface area (Å²) in [6.45, 7) is 0. The van der Waals surface area contributed by atoms with Crippen LogP contribution in [0, 0.1) is 0 Å². The number of carbonyl (C=O) groups is 1. The topological polar surface area (TPSA) is 59.9 Å². The number of nitrogens with zero attached hydrogens (tertiary/aromatic N) is 1. The van der Waals surface area contributed by atoms with Gasteiger partial charge < -0.3 is 14.3 Å². The van der Waals surface area contributed by atoms with Gasteiger partial charge in [0.05, 0.1) is 12.8 Å². The zero-order valence-electron chi connectivity index (χ0n) is 7.61. The maximum atomic E-state index is 10.8.